The Hall–Kier alpha value is -2.69. The Morgan fingerprint density at radius 1 is 1.14 bits per heavy atom. The highest BCUT2D eigenvalue weighted by Gasteiger charge is 2.36. The highest BCUT2D eigenvalue weighted by molar-refractivity contribution is 5.94. The highest BCUT2D eigenvalue weighted by Crippen LogP contribution is 2.18. The van der Waals surface area contributed by atoms with Gasteiger partial charge >= 0.3 is 5.97 Å². The number of nitrogens with one attached hydrogen (secondary N) is 2. The second-order valence-electron chi connectivity index (χ2n) is 7.54. The third-order valence-electron chi connectivity index (χ3n) is 4.68. The van der Waals surface area contributed by atoms with Crippen LogP contribution >= 0.6 is 0 Å². The molecular formula is C18H31N5O6. The molecule has 3 unspecified atom stereocenters. The van der Waals surface area contributed by atoms with Crippen LogP contribution in [-0.2, 0) is 24.0 Å². The summed E-state index contributed by atoms with van der Waals surface area (Å²) in [5, 5.41) is 14.3. The van der Waals surface area contributed by atoms with Gasteiger partial charge in [0.2, 0.25) is 23.6 Å². The average Bonchev–Trinajstić information content (AvgIpc) is 3.12. The van der Waals surface area contributed by atoms with Crippen LogP contribution < -0.4 is 22.1 Å². The van der Waals surface area contributed by atoms with Crippen molar-refractivity contribution in [1.29, 1.82) is 0 Å². The van der Waals surface area contributed by atoms with E-state index >= 15 is 0 Å². The number of amides is 4. The van der Waals surface area contributed by atoms with Crippen LogP contribution in [0.5, 0.6) is 0 Å². The topological polar surface area (TPSA) is 185 Å². The van der Waals surface area contributed by atoms with Gasteiger partial charge in [-0.25, -0.2) is 4.79 Å². The van der Waals surface area contributed by atoms with E-state index in [4.69, 9.17) is 11.5 Å². The van der Waals surface area contributed by atoms with Gasteiger partial charge < -0.3 is 32.1 Å². The van der Waals surface area contributed by atoms with Crippen molar-refractivity contribution in [1.82, 2.24) is 15.5 Å². The third kappa shape index (κ3) is 7.68. The number of hydrogen-bond acceptors (Lipinski definition) is 6. The molecule has 3 atom stereocenters. The first-order valence-corrected chi connectivity index (χ1v) is 9.68. The van der Waals surface area contributed by atoms with Gasteiger partial charge in [0.15, 0.2) is 0 Å². The van der Waals surface area contributed by atoms with Crippen molar-refractivity contribution >= 4 is 29.6 Å². The lowest BCUT2D eigenvalue weighted by Crippen LogP contribution is -2.56. The van der Waals surface area contributed by atoms with Crippen LogP contribution in [0.2, 0.25) is 0 Å². The molecule has 1 saturated heterocycles. The summed E-state index contributed by atoms with van der Waals surface area (Å²) < 4.78 is 0. The Bertz CT molecular complexity index is 638. The Balaban J connectivity index is 2.85. The molecule has 1 aliphatic rings. The maximum atomic E-state index is 12.7. The molecule has 0 aliphatic carbocycles. The fourth-order valence-electron chi connectivity index (χ4n) is 3.24. The lowest BCUT2D eigenvalue weighted by molar-refractivity contribution is -0.143. The van der Waals surface area contributed by atoms with Crippen molar-refractivity contribution < 1.29 is 29.1 Å². The van der Waals surface area contributed by atoms with Crippen LogP contribution in [0, 0.1) is 5.92 Å². The van der Waals surface area contributed by atoms with Gasteiger partial charge in [-0.1, -0.05) is 13.8 Å². The van der Waals surface area contributed by atoms with E-state index in [1.807, 2.05) is 13.8 Å². The number of aliphatic carboxylic acids is 1. The van der Waals surface area contributed by atoms with Crippen LogP contribution in [0.25, 0.3) is 0 Å². The van der Waals surface area contributed by atoms with Crippen molar-refractivity contribution in [3.05, 3.63) is 0 Å². The second kappa shape index (κ2) is 11.3. The number of likely N-dealkylation sites (tertiary alicyclic amines) is 1. The lowest BCUT2D eigenvalue weighted by Gasteiger charge is -2.27. The van der Waals surface area contributed by atoms with E-state index in [0.717, 1.165) is 0 Å². The summed E-state index contributed by atoms with van der Waals surface area (Å²) in [4.78, 5) is 60.9. The molecule has 11 heteroatoms. The molecule has 29 heavy (non-hydrogen) atoms. The van der Waals surface area contributed by atoms with E-state index in [1.165, 1.54) is 4.90 Å². The normalized spacial score (nSPS) is 18.2. The lowest BCUT2D eigenvalue weighted by atomic mass is 10.0. The predicted molar refractivity (Wildman–Crippen MR) is 103 cm³/mol. The molecule has 4 amide bonds. The Kier molecular flexibility index (Phi) is 9.53. The van der Waals surface area contributed by atoms with Crippen molar-refractivity contribution in [3.8, 4) is 0 Å². The molecule has 0 radical (unpaired) electrons. The van der Waals surface area contributed by atoms with E-state index in [9.17, 15) is 29.1 Å². The Labute approximate surface area is 169 Å². The molecule has 0 saturated carbocycles. The first kappa shape index (κ1) is 24.3. The zero-order valence-electron chi connectivity index (χ0n) is 16.8. The van der Waals surface area contributed by atoms with E-state index in [1.54, 1.807) is 0 Å². The zero-order chi connectivity index (χ0) is 22.1. The van der Waals surface area contributed by atoms with Gasteiger partial charge in [0.05, 0.1) is 6.54 Å². The SMILES string of the molecule is CC(C)CC(NC(=O)C1CCCN1C(=O)CN)C(=O)NC(CCC(N)=O)C(=O)O. The number of nitrogens with zero attached hydrogens (tertiary/aromatic N) is 1. The molecule has 0 aromatic carbocycles. The Morgan fingerprint density at radius 3 is 2.31 bits per heavy atom. The van der Waals surface area contributed by atoms with E-state index in [-0.39, 0.29) is 37.6 Å². The number of nitrogens with two attached hydrogens (primary N) is 2. The molecule has 1 fully saturated rings. The molecule has 1 heterocycles. The van der Waals surface area contributed by atoms with Gasteiger partial charge in [-0.3, -0.25) is 19.2 Å². The number of hydrogen-bond donors (Lipinski definition) is 5. The van der Waals surface area contributed by atoms with Gasteiger partial charge in [0.1, 0.15) is 18.1 Å². The van der Waals surface area contributed by atoms with Gasteiger partial charge in [0, 0.05) is 13.0 Å². The molecule has 0 aromatic rings. The predicted octanol–water partition coefficient (Wildman–Crippen LogP) is -1.70. The minimum absolute atomic E-state index is 0.0327. The smallest absolute Gasteiger partial charge is 0.326 e. The van der Waals surface area contributed by atoms with Crippen molar-refractivity contribution in [3.63, 3.8) is 0 Å². The summed E-state index contributed by atoms with van der Waals surface area (Å²) >= 11 is 0. The summed E-state index contributed by atoms with van der Waals surface area (Å²) in [6, 6.07) is -2.99. The minimum Gasteiger partial charge on any atom is -0.480 e. The first-order chi connectivity index (χ1) is 13.6. The van der Waals surface area contributed by atoms with Crippen LogP contribution in [0.4, 0.5) is 0 Å². The summed E-state index contributed by atoms with van der Waals surface area (Å²) in [5.41, 5.74) is 10.4. The number of carbonyl (C=O) groups excluding carboxylic acids is 4. The quantitative estimate of drug-likeness (QED) is 0.267. The standard InChI is InChI=1S/C18H31N5O6/c1-10(2)8-12(16(26)21-11(18(28)29)5-6-14(20)24)22-17(27)13-4-3-7-23(13)15(25)9-19/h10-13H,3-9,19H2,1-2H3,(H2,20,24)(H,21,26)(H,22,27)(H,28,29). The molecule has 0 bridgehead atoms. The summed E-state index contributed by atoms with van der Waals surface area (Å²) in [6.07, 6.45) is 1.04. The van der Waals surface area contributed by atoms with Crippen LogP contribution in [0.15, 0.2) is 0 Å². The molecule has 164 valence electrons. The number of carboxylic acid groups (broad SMARTS) is 1. The monoisotopic (exact) mass is 413 g/mol. The second-order valence-corrected chi connectivity index (χ2v) is 7.54. The molecule has 11 nitrogen and oxygen atoms in total. The van der Waals surface area contributed by atoms with E-state index in [0.29, 0.717) is 19.4 Å². The number of rotatable bonds is 11. The molecule has 0 spiro atoms. The van der Waals surface area contributed by atoms with Gasteiger partial charge in [-0.2, -0.15) is 0 Å². The molecule has 0 aromatic heterocycles. The molecular weight excluding hydrogens is 382 g/mol. The molecule has 1 rings (SSSR count). The summed E-state index contributed by atoms with van der Waals surface area (Å²) in [7, 11) is 0. The van der Waals surface area contributed by atoms with E-state index < -0.39 is 41.8 Å². The first-order valence-electron chi connectivity index (χ1n) is 9.68. The number of primary amides is 1. The van der Waals surface area contributed by atoms with Crippen LogP contribution in [-0.4, -0.2) is 70.8 Å². The van der Waals surface area contributed by atoms with E-state index in [2.05, 4.69) is 10.6 Å². The fraction of sp³-hybridized carbons (Fsp3) is 0.722. The third-order valence-corrected chi connectivity index (χ3v) is 4.68. The summed E-state index contributed by atoms with van der Waals surface area (Å²) in [5.74, 6) is -3.43. The minimum atomic E-state index is -1.30. The summed E-state index contributed by atoms with van der Waals surface area (Å²) in [6.45, 7) is 3.92. The highest BCUT2D eigenvalue weighted by atomic mass is 16.4. The van der Waals surface area contributed by atoms with Gasteiger partial charge in [-0.05, 0) is 31.6 Å². The van der Waals surface area contributed by atoms with Crippen molar-refractivity contribution in [2.45, 2.75) is 64.1 Å². The Morgan fingerprint density at radius 2 is 1.79 bits per heavy atom. The van der Waals surface area contributed by atoms with Gasteiger partial charge in [0.25, 0.3) is 0 Å². The van der Waals surface area contributed by atoms with Gasteiger partial charge in [-0.15, -0.1) is 0 Å². The van der Waals surface area contributed by atoms with Crippen LogP contribution in [0.3, 0.4) is 0 Å². The molecule has 7 N–H and O–H groups in total. The molecule has 1 aliphatic heterocycles. The zero-order valence-corrected chi connectivity index (χ0v) is 16.8. The van der Waals surface area contributed by atoms with Crippen molar-refractivity contribution in [2.24, 2.45) is 17.4 Å². The number of carbonyl (C=O) groups is 5. The average molecular weight is 413 g/mol. The fourth-order valence-corrected chi connectivity index (χ4v) is 3.24. The van der Waals surface area contributed by atoms with Crippen molar-refractivity contribution in [2.75, 3.05) is 13.1 Å². The number of carboxylic acids is 1. The van der Waals surface area contributed by atoms with Crippen LogP contribution in [0.1, 0.15) is 46.0 Å². The maximum absolute atomic E-state index is 12.7. The largest absolute Gasteiger partial charge is 0.480 e. The maximum Gasteiger partial charge on any atom is 0.326 e.